The zero-order valence-corrected chi connectivity index (χ0v) is 17.7. The molecule has 3 N–H and O–H groups in total. The third-order valence-electron chi connectivity index (χ3n) is 6.74. The van der Waals surface area contributed by atoms with Gasteiger partial charge in [-0.3, -0.25) is 4.68 Å². The Hall–Kier alpha value is -2.88. The first kappa shape index (κ1) is 22.8. The summed E-state index contributed by atoms with van der Waals surface area (Å²) in [6.07, 6.45) is 8.12. The van der Waals surface area contributed by atoms with E-state index < -0.39 is 18.0 Å². The zero-order valence-electron chi connectivity index (χ0n) is 17.7. The maximum absolute atomic E-state index is 11.1. The van der Waals surface area contributed by atoms with Gasteiger partial charge < -0.3 is 25.1 Å². The zero-order chi connectivity index (χ0) is 22.6. The quantitative estimate of drug-likeness (QED) is 0.611. The van der Waals surface area contributed by atoms with Crippen LogP contribution >= 0.6 is 0 Å². The fourth-order valence-corrected chi connectivity index (χ4v) is 5.12. The predicted octanol–water partition coefficient (Wildman–Crippen LogP) is 1.84. The number of piperidine rings is 1. The molecule has 2 aliphatic heterocycles. The van der Waals surface area contributed by atoms with Crippen molar-refractivity contribution in [3.8, 4) is 0 Å². The van der Waals surface area contributed by atoms with Crippen LogP contribution in [0.15, 0.2) is 24.4 Å². The molecule has 1 aliphatic carbocycles. The lowest BCUT2D eigenvalue weighted by Crippen LogP contribution is -2.54. The fraction of sp³-hybridized carbons (Fsp3) is 0.619. The molecule has 170 valence electrons. The number of hydrogen-bond donors (Lipinski definition) is 3. The summed E-state index contributed by atoms with van der Waals surface area (Å²) < 4.78 is 2.01. The van der Waals surface area contributed by atoms with Gasteiger partial charge in [-0.05, 0) is 56.7 Å². The topological polar surface area (TPSA) is 136 Å². The van der Waals surface area contributed by atoms with Crippen LogP contribution in [0.3, 0.4) is 0 Å². The van der Waals surface area contributed by atoms with Crippen LogP contribution in [-0.2, 0) is 16.6 Å². The van der Waals surface area contributed by atoms with Crippen molar-refractivity contribution >= 4 is 18.0 Å². The van der Waals surface area contributed by atoms with E-state index in [1.807, 2.05) is 17.9 Å². The number of carboxylic acids is 2. The minimum Gasteiger partial charge on any atom is -0.478 e. The highest BCUT2D eigenvalue weighted by atomic mass is 16.4. The summed E-state index contributed by atoms with van der Waals surface area (Å²) >= 11 is 0. The fourth-order valence-electron chi connectivity index (χ4n) is 5.12. The molecule has 1 spiro atoms. The van der Waals surface area contributed by atoms with E-state index in [9.17, 15) is 14.4 Å². The largest absolute Gasteiger partial charge is 0.478 e. The first-order valence-corrected chi connectivity index (χ1v) is 10.5. The van der Waals surface area contributed by atoms with Crippen molar-refractivity contribution < 1.29 is 29.7 Å². The SMILES string of the molecule is Cn1nccc1C1CCN(C2CC3(CCN(C(=O)O)C3)C2)CC1.O=C(O)/C=C/C(=O)O. The van der Waals surface area contributed by atoms with Crippen molar-refractivity contribution in [2.24, 2.45) is 12.5 Å². The number of likely N-dealkylation sites (tertiary alicyclic amines) is 2. The summed E-state index contributed by atoms with van der Waals surface area (Å²) in [5.74, 6) is -1.87. The van der Waals surface area contributed by atoms with Crippen molar-refractivity contribution in [3.63, 3.8) is 0 Å². The number of rotatable bonds is 4. The average molecular weight is 434 g/mol. The summed E-state index contributed by atoms with van der Waals surface area (Å²) in [5.41, 5.74) is 1.66. The normalized spacial score (nSPS) is 26.5. The minimum absolute atomic E-state index is 0.294. The van der Waals surface area contributed by atoms with Crippen molar-refractivity contribution in [1.82, 2.24) is 19.6 Å². The van der Waals surface area contributed by atoms with Gasteiger partial charge in [0.25, 0.3) is 0 Å². The van der Waals surface area contributed by atoms with E-state index in [0.29, 0.717) is 29.5 Å². The van der Waals surface area contributed by atoms with Crippen molar-refractivity contribution in [3.05, 3.63) is 30.1 Å². The van der Waals surface area contributed by atoms with Crippen LogP contribution in [0.2, 0.25) is 0 Å². The Balaban J connectivity index is 0.000000293. The van der Waals surface area contributed by atoms with Crippen molar-refractivity contribution in [2.45, 2.75) is 44.1 Å². The second-order valence-electron chi connectivity index (χ2n) is 8.72. The van der Waals surface area contributed by atoms with Crippen LogP contribution in [0.1, 0.15) is 43.7 Å². The lowest BCUT2D eigenvalue weighted by molar-refractivity contribution is -0.134. The van der Waals surface area contributed by atoms with Crippen LogP contribution in [0.4, 0.5) is 4.79 Å². The Kier molecular flexibility index (Phi) is 6.99. The second kappa shape index (κ2) is 9.51. The standard InChI is InChI=1S/C17H26N4O2.C4H4O4/c1-19-15(2-6-18-19)13-3-7-20(8-4-13)14-10-17(11-14)5-9-21(12-17)16(22)23;5-3(6)1-2-4(7)8/h2,6,13-14H,3-5,7-12H2,1H3,(H,22,23);1-2H,(H,5,6)(H,7,8)/b;2-1+. The lowest BCUT2D eigenvalue weighted by atomic mass is 9.64. The highest BCUT2D eigenvalue weighted by Crippen LogP contribution is 2.50. The minimum atomic E-state index is -1.26. The van der Waals surface area contributed by atoms with Gasteiger partial charge in [0.15, 0.2) is 0 Å². The highest BCUT2D eigenvalue weighted by Gasteiger charge is 2.51. The molecule has 3 aliphatic rings. The second-order valence-corrected chi connectivity index (χ2v) is 8.72. The van der Waals surface area contributed by atoms with Gasteiger partial charge in [0.1, 0.15) is 0 Å². The molecule has 1 aromatic rings. The van der Waals surface area contributed by atoms with Crippen molar-refractivity contribution in [2.75, 3.05) is 26.2 Å². The molecule has 0 bridgehead atoms. The first-order valence-electron chi connectivity index (χ1n) is 10.5. The molecule has 1 saturated carbocycles. The third kappa shape index (κ3) is 5.63. The summed E-state index contributed by atoms with van der Waals surface area (Å²) in [5, 5.41) is 29.0. The number of aryl methyl sites for hydroxylation is 1. The van der Waals surface area contributed by atoms with Gasteiger partial charge in [0.2, 0.25) is 0 Å². The van der Waals surface area contributed by atoms with E-state index in [1.54, 1.807) is 4.90 Å². The molecular formula is C21H30N4O6. The van der Waals surface area contributed by atoms with Crippen molar-refractivity contribution in [1.29, 1.82) is 0 Å². The Morgan fingerprint density at radius 2 is 1.68 bits per heavy atom. The average Bonchev–Trinajstić information content (AvgIpc) is 3.33. The van der Waals surface area contributed by atoms with Gasteiger partial charge >= 0.3 is 18.0 Å². The molecule has 0 radical (unpaired) electrons. The third-order valence-corrected chi connectivity index (χ3v) is 6.74. The van der Waals surface area contributed by atoms with E-state index >= 15 is 0 Å². The number of hydrogen-bond acceptors (Lipinski definition) is 5. The van der Waals surface area contributed by atoms with Gasteiger partial charge in [0, 0.05) is 56.1 Å². The molecule has 4 rings (SSSR count). The summed E-state index contributed by atoms with van der Waals surface area (Å²) in [6.45, 7) is 3.81. The highest BCUT2D eigenvalue weighted by molar-refractivity contribution is 5.89. The molecule has 0 atom stereocenters. The van der Waals surface area contributed by atoms with Crippen LogP contribution in [-0.4, -0.2) is 85.2 Å². The monoisotopic (exact) mass is 434 g/mol. The van der Waals surface area contributed by atoms with Gasteiger partial charge in [-0.2, -0.15) is 5.10 Å². The van der Waals surface area contributed by atoms with E-state index in [1.165, 1.54) is 44.5 Å². The molecule has 10 heteroatoms. The molecule has 1 aromatic heterocycles. The number of amides is 1. The summed E-state index contributed by atoms with van der Waals surface area (Å²) in [7, 11) is 2.03. The number of aliphatic carboxylic acids is 2. The Labute approximate surface area is 180 Å². The number of nitrogens with zero attached hydrogens (tertiary/aromatic N) is 4. The maximum Gasteiger partial charge on any atom is 0.407 e. The molecule has 3 fully saturated rings. The Morgan fingerprint density at radius 1 is 1.06 bits per heavy atom. The van der Waals surface area contributed by atoms with E-state index in [0.717, 1.165) is 19.5 Å². The molecule has 0 aromatic carbocycles. The summed E-state index contributed by atoms with van der Waals surface area (Å²) in [6, 6.07) is 2.83. The van der Waals surface area contributed by atoms with E-state index in [4.69, 9.17) is 15.3 Å². The van der Waals surface area contributed by atoms with Gasteiger partial charge in [-0.15, -0.1) is 0 Å². The van der Waals surface area contributed by atoms with Crippen LogP contribution in [0, 0.1) is 5.41 Å². The smallest absolute Gasteiger partial charge is 0.407 e. The molecule has 31 heavy (non-hydrogen) atoms. The number of carbonyl (C=O) groups is 3. The number of aromatic nitrogens is 2. The van der Waals surface area contributed by atoms with Crippen LogP contribution in [0.25, 0.3) is 0 Å². The molecule has 1 amide bonds. The molecule has 2 saturated heterocycles. The molecule has 10 nitrogen and oxygen atoms in total. The number of carboxylic acid groups (broad SMARTS) is 3. The van der Waals surface area contributed by atoms with E-state index in [-0.39, 0.29) is 0 Å². The van der Waals surface area contributed by atoms with Gasteiger partial charge in [-0.1, -0.05) is 0 Å². The summed E-state index contributed by atoms with van der Waals surface area (Å²) in [4.78, 5) is 34.4. The van der Waals surface area contributed by atoms with E-state index in [2.05, 4.69) is 16.1 Å². The Bertz CT molecular complexity index is 821. The first-order chi connectivity index (χ1) is 14.7. The molecule has 3 heterocycles. The Morgan fingerprint density at radius 3 is 2.13 bits per heavy atom. The lowest BCUT2D eigenvalue weighted by Gasteiger charge is -2.51. The molecular weight excluding hydrogens is 404 g/mol. The maximum atomic E-state index is 11.1. The predicted molar refractivity (Wildman–Crippen MR) is 111 cm³/mol. The van der Waals surface area contributed by atoms with Gasteiger partial charge in [0.05, 0.1) is 0 Å². The van der Waals surface area contributed by atoms with Crippen LogP contribution in [0.5, 0.6) is 0 Å². The van der Waals surface area contributed by atoms with Gasteiger partial charge in [-0.25, -0.2) is 14.4 Å². The molecule has 0 unspecified atom stereocenters. The van der Waals surface area contributed by atoms with Crippen LogP contribution < -0.4 is 0 Å².